The number of nitrogens with two attached hydrogens (primary N) is 1. The molecule has 0 radical (unpaired) electrons. The van der Waals surface area contributed by atoms with Crippen LogP contribution < -0.4 is 21.6 Å². The van der Waals surface area contributed by atoms with E-state index >= 15 is 0 Å². The third-order valence-corrected chi connectivity index (χ3v) is 4.90. The summed E-state index contributed by atoms with van der Waals surface area (Å²) >= 11 is 1.02. The van der Waals surface area contributed by atoms with Crippen molar-refractivity contribution >= 4 is 35.0 Å². The lowest BCUT2D eigenvalue weighted by molar-refractivity contribution is -0.117. The minimum atomic E-state index is -0.460. The number of nitrogens with zero attached hydrogens (tertiary/aromatic N) is 4. The zero-order valence-electron chi connectivity index (χ0n) is 14.3. The van der Waals surface area contributed by atoms with Crippen LogP contribution in [0.2, 0.25) is 0 Å². The van der Waals surface area contributed by atoms with Gasteiger partial charge in [0, 0.05) is 12.5 Å². The summed E-state index contributed by atoms with van der Waals surface area (Å²) in [5.74, 6) is 5.33. The Bertz CT molecular complexity index is 928. The number of benzene rings is 1. The number of carbonyl (C=O) groups excluding carboxylic acids is 2. The highest BCUT2D eigenvalue weighted by Crippen LogP contribution is 2.32. The van der Waals surface area contributed by atoms with Crippen molar-refractivity contribution in [3.05, 3.63) is 40.3 Å². The van der Waals surface area contributed by atoms with E-state index in [1.807, 2.05) is 6.92 Å². The third-order valence-electron chi connectivity index (χ3n) is 3.97. The highest BCUT2D eigenvalue weighted by molar-refractivity contribution is 7.99. The zero-order valence-corrected chi connectivity index (χ0v) is 15.1. The van der Waals surface area contributed by atoms with Crippen molar-refractivity contribution < 1.29 is 9.59 Å². The van der Waals surface area contributed by atoms with E-state index in [9.17, 15) is 14.4 Å². The molecular formula is C16H18N6O3S. The number of aromatic nitrogens is 3. The lowest BCUT2D eigenvalue weighted by Gasteiger charge is -2.27. The van der Waals surface area contributed by atoms with Gasteiger partial charge in [0.1, 0.15) is 5.69 Å². The van der Waals surface area contributed by atoms with Gasteiger partial charge in [0.15, 0.2) is 0 Å². The highest BCUT2D eigenvalue weighted by atomic mass is 32.2. The number of carbonyl (C=O) groups is 2. The summed E-state index contributed by atoms with van der Waals surface area (Å²) in [6.07, 6.45) is 0.191. The summed E-state index contributed by atoms with van der Waals surface area (Å²) < 4.78 is 0.880. The number of nitrogens with one attached hydrogen (secondary N) is 1. The Kier molecular flexibility index (Phi) is 4.94. The molecule has 3 rings (SSSR count). The van der Waals surface area contributed by atoms with Gasteiger partial charge < -0.3 is 16.1 Å². The van der Waals surface area contributed by atoms with Crippen LogP contribution in [-0.2, 0) is 9.59 Å². The Labute approximate surface area is 153 Å². The van der Waals surface area contributed by atoms with E-state index in [1.165, 1.54) is 6.92 Å². The van der Waals surface area contributed by atoms with E-state index in [0.717, 1.165) is 16.4 Å². The van der Waals surface area contributed by atoms with Crippen LogP contribution in [0.3, 0.4) is 0 Å². The number of amides is 2. The van der Waals surface area contributed by atoms with Gasteiger partial charge >= 0.3 is 0 Å². The fourth-order valence-corrected chi connectivity index (χ4v) is 3.44. The fraction of sp³-hybridized carbons (Fsp3) is 0.312. The molecule has 1 aliphatic heterocycles. The molecule has 0 spiro atoms. The van der Waals surface area contributed by atoms with Gasteiger partial charge in [-0.2, -0.15) is 4.68 Å². The van der Waals surface area contributed by atoms with Crippen LogP contribution in [0.15, 0.2) is 34.2 Å². The monoisotopic (exact) mass is 374 g/mol. The normalized spacial score (nSPS) is 16.6. The van der Waals surface area contributed by atoms with Crippen molar-refractivity contribution in [2.24, 2.45) is 0 Å². The predicted octanol–water partition coefficient (Wildman–Crippen LogP) is 0.517. The summed E-state index contributed by atoms with van der Waals surface area (Å²) in [5.41, 5.74) is 0.948. The number of nitrogen functional groups attached to an aromatic ring is 1. The maximum atomic E-state index is 12.9. The van der Waals surface area contributed by atoms with E-state index in [4.69, 9.17) is 5.84 Å². The van der Waals surface area contributed by atoms with Crippen LogP contribution in [-0.4, -0.2) is 38.5 Å². The number of anilines is 2. The zero-order chi connectivity index (χ0) is 18.8. The maximum Gasteiger partial charge on any atom is 0.294 e. The molecule has 2 amide bonds. The first-order valence-corrected chi connectivity index (χ1v) is 8.92. The summed E-state index contributed by atoms with van der Waals surface area (Å²) in [6, 6.07) is 6.82. The second kappa shape index (κ2) is 7.16. The number of hydrogen-bond donors (Lipinski definition) is 2. The third kappa shape index (κ3) is 3.40. The molecule has 1 aromatic carbocycles. The second-order valence-corrected chi connectivity index (χ2v) is 6.86. The van der Waals surface area contributed by atoms with E-state index in [0.29, 0.717) is 11.4 Å². The maximum absolute atomic E-state index is 12.9. The van der Waals surface area contributed by atoms with Crippen molar-refractivity contribution in [1.82, 2.24) is 14.9 Å². The van der Waals surface area contributed by atoms with Crippen molar-refractivity contribution in [2.75, 3.05) is 21.8 Å². The molecule has 0 fully saturated rings. The van der Waals surface area contributed by atoms with Crippen LogP contribution in [0.5, 0.6) is 0 Å². The van der Waals surface area contributed by atoms with Gasteiger partial charge in [-0.05, 0) is 26.0 Å². The molecule has 1 aromatic heterocycles. The first-order chi connectivity index (χ1) is 12.4. The van der Waals surface area contributed by atoms with Gasteiger partial charge in [-0.25, -0.2) is 0 Å². The van der Waals surface area contributed by atoms with E-state index in [1.54, 1.807) is 29.2 Å². The summed E-state index contributed by atoms with van der Waals surface area (Å²) in [7, 11) is 0. The van der Waals surface area contributed by atoms with Gasteiger partial charge in [-0.1, -0.05) is 23.9 Å². The Morgan fingerprint density at radius 1 is 1.35 bits per heavy atom. The quantitative estimate of drug-likeness (QED) is 0.593. The number of rotatable bonds is 3. The average molecular weight is 374 g/mol. The smallest absolute Gasteiger partial charge is 0.294 e. The number of para-hydroxylation sites is 2. The molecule has 26 heavy (non-hydrogen) atoms. The lowest BCUT2D eigenvalue weighted by Crippen LogP contribution is -2.40. The molecule has 0 saturated heterocycles. The van der Waals surface area contributed by atoms with Crippen LogP contribution in [0.25, 0.3) is 0 Å². The molecule has 0 unspecified atom stereocenters. The molecule has 1 atom stereocenters. The molecule has 3 N–H and O–H groups in total. The Balaban J connectivity index is 1.84. The van der Waals surface area contributed by atoms with E-state index in [-0.39, 0.29) is 40.9 Å². The largest absolute Gasteiger partial charge is 0.334 e. The first kappa shape index (κ1) is 17.9. The first-order valence-electron chi connectivity index (χ1n) is 7.93. The topological polar surface area (TPSA) is 123 Å². The molecule has 9 nitrogen and oxygen atoms in total. The Morgan fingerprint density at radius 2 is 2.08 bits per heavy atom. The molecular weight excluding hydrogens is 356 g/mol. The van der Waals surface area contributed by atoms with Crippen molar-refractivity contribution in [1.29, 1.82) is 0 Å². The summed E-state index contributed by atoms with van der Waals surface area (Å²) in [4.78, 5) is 38.2. The van der Waals surface area contributed by atoms with Gasteiger partial charge in [0.25, 0.3) is 5.56 Å². The predicted molar refractivity (Wildman–Crippen MR) is 98.5 cm³/mol. The van der Waals surface area contributed by atoms with Crippen LogP contribution in [0, 0.1) is 6.92 Å². The Hall–Kier alpha value is -2.88. The molecule has 2 heterocycles. The molecule has 0 saturated carbocycles. The number of thioether (sulfide) groups is 1. The second-order valence-electron chi connectivity index (χ2n) is 5.91. The fourth-order valence-electron chi connectivity index (χ4n) is 2.73. The van der Waals surface area contributed by atoms with Gasteiger partial charge in [-0.15, -0.1) is 10.2 Å². The Morgan fingerprint density at radius 3 is 2.85 bits per heavy atom. The highest BCUT2D eigenvalue weighted by Gasteiger charge is 2.29. The van der Waals surface area contributed by atoms with Gasteiger partial charge in [0.2, 0.25) is 17.0 Å². The van der Waals surface area contributed by atoms with Gasteiger partial charge in [0.05, 0.1) is 17.1 Å². The van der Waals surface area contributed by atoms with Gasteiger partial charge in [-0.3, -0.25) is 14.4 Å². The summed E-state index contributed by atoms with van der Waals surface area (Å²) in [6.45, 7) is 3.33. The number of fused-ring (bicyclic) bond motifs is 1. The minimum Gasteiger partial charge on any atom is -0.334 e. The molecule has 1 aliphatic rings. The molecule has 136 valence electrons. The van der Waals surface area contributed by atoms with Crippen molar-refractivity contribution in [3.8, 4) is 0 Å². The standard InChI is InChI=1S/C16H18N6O3S/c1-9-7-13(23)18-11-5-3-4-6-12(11)21(9)14(24)8-26-16-20-19-10(2)15(25)22(16)17/h3-6,9H,7-8,17H2,1-2H3,(H,18,23)/t9-/m1/s1. The molecule has 0 aliphatic carbocycles. The average Bonchev–Trinajstić information content (AvgIpc) is 2.73. The minimum absolute atomic E-state index is 0.00124. The summed E-state index contributed by atoms with van der Waals surface area (Å²) in [5, 5.41) is 10.6. The molecule has 10 heteroatoms. The van der Waals surface area contributed by atoms with Crippen LogP contribution in [0.4, 0.5) is 11.4 Å². The van der Waals surface area contributed by atoms with E-state index < -0.39 is 5.56 Å². The molecule has 2 aromatic rings. The number of hydrogen-bond acceptors (Lipinski definition) is 7. The van der Waals surface area contributed by atoms with E-state index in [2.05, 4.69) is 15.5 Å². The lowest BCUT2D eigenvalue weighted by atomic mass is 10.2. The van der Waals surface area contributed by atoms with Crippen LogP contribution >= 0.6 is 11.8 Å². The SMILES string of the molecule is Cc1nnc(SCC(=O)N2c3ccccc3NC(=O)C[C@H]2C)n(N)c1=O. The van der Waals surface area contributed by atoms with Crippen molar-refractivity contribution in [2.45, 2.75) is 31.5 Å². The van der Waals surface area contributed by atoms with Crippen LogP contribution in [0.1, 0.15) is 19.0 Å². The van der Waals surface area contributed by atoms with Crippen molar-refractivity contribution in [3.63, 3.8) is 0 Å². The molecule has 0 bridgehead atoms. The number of aryl methyl sites for hydroxylation is 1.